The van der Waals surface area contributed by atoms with Crippen molar-refractivity contribution in [1.82, 2.24) is 4.90 Å². The summed E-state index contributed by atoms with van der Waals surface area (Å²) in [7, 11) is 0. The molecule has 1 aromatic rings. The van der Waals surface area contributed by atoms with E-state index in [0.29, 0.717) is 19.8 Å². The molecule has 0 spiro atoms. The van der Waals surface area contributed by atoms with Crippen LogP contribution in [0.3, 0.4) is 0 Å². The number of carbonyl (C=O) groups excluding carboxylic acids is 1. The van der Waals surface area contributed by atoms with Gasteiger partial charge in [-0.1, -0.05) is 12.1 Å². The third-order valence-electron chi connectivity index (χ3n) is 4.18. The fourth-order valence-electron chi connectivity index (χ4n) is 3.20. The molecule has 3 unspecified atom stereocenters. The van der Waals surface area contributed by atoms with Crippen LogP contribution >= 0.6 is 11.3 Å². The minimum Gasteiger partial charge on any atom is -0.374 e. The lowest BCUT2D eigenvalue weighted by molar-refractivity contribution is -0.130. The molecule has 0 radical (unpaired) electrons. The van der Waals surface area contributed by atoms with E-state index in [2.05, 4.69) is 6.58 Å². The highest BCUT2D eigenvalue weighted by Gasteiger charge is 2.44. The van der Waals surface area contributed by atoms with Crippen LogP contribution in [-0.4, -0.2) is 48.8 Å². The summed E-state index contributed by atoms with van der Waals surface area (Å²) in [5.41, 5.74) is 0. The Morgan fingerprint density at radius 3 is 3.23 bits per heavy atom. The Bertz CT molecular complexity index is 540. The van der Waals surface area contributed by atoms with E-state index < -0.39 is 0 Å². The molecule has 0 aromatic carbocycles. The van der Waals surface area contributed by atoms with Crippen LogP contribution in [0, 0.1) is 0 Å². The molecule has 22 heavy (non-hydrogen) atoms. The molecular formula is C17H21NO3S. The quantitative estimate of drug-likeness (QED) is 0.619. The van der Waals surface area contributed by atoms with Crippen molar-refractivity contribution in [2.24, 2.45) is 0 Å². The van der Waals surface area contributed by atoms with Crippen molar-refractivity contribution in [2.45, 2.75) is 31.1 Å². The van der Waals surface area contributed by atoms with Gasteiger partial charge in [0.2, 0.25) is 5.91 Å². The van der Waals surface area contributed by atoms with E-state index in [1.165, 1.54) is 0 Å². The van der Waals surface area contributed by atoms with E-state index in [4.69, 9.17) is 9.47 Å². The second-order valence-corrected chi connectivity index (χ2v) is 6.50. The molecule has 3 rings (SSSR count). The van der Waals surface area contributed by atoms with Gasteiger partial charge in [0.15, 0.2) is 0 Å². The van der Waals surface area contributed by atoms with E-state index >= 15 is 0 Å². The second kappa shape index (κ2) is 7.22. The summed E-state index contributed by atoms with van der Waals surface area (Å²) in [5.74, 6) is 0.0387. The first-order chi connectivity index (χ1) is 10.8. The molecule has 1 saturated heterocycles. The first-order valence-corrected chi connectivity index (χ1v) is 8.54. The van der Waals surface area contributed by atoms with Crippen LogP contribution in [0.4, 0.5) is 0 Å². The SMILES string of the molecule is C=CCOC1C2CCC1N(C(=O)/C=C/c1cccs1)CCO2. The zero-order valence-electron chi connectivity index (χ0n) is 12.5. The Morgan fingerprint density at radius 2 is 2.45 bits per heavy atom. The van der Waals surface area contributed by atoms with Gasteiger partial charge < -0.3 is 14.4 Å². The van der Waals surface area contributed by atoms with Crippen LogP contribution in [0.1, 0.15) is 17.7 Å². The minimum atomic E-state index is -0.0420. The van der Waals surface area contributed by atoms with Gasteiger partial charge in [0.05, 0.1) is 25.4 Å². The smallest absolute Gasteiger partial charge is 0.247 e. The summed E-state index contributed by atoms with van der Waals surface area (Å²) in [6.07, 6.45) is 7.23. The molecule has 1 aliphatic heterocycles. The summed E-state index contributed by atoms with van der Waals surface area (Å²) < 4.78 is 11.7. The molecule has 3 atom stereocenters. The molecule has 2 bridgehead atoms. The van der Waals surface area contributed by atoms with Gasteiger partial charge in [0.1, 0.15) is 6.10 Å². The predicted octanol–water partition coefficient (Wildman–Crippen LogP) is 2.72. The van der Waals surface area contributed by atoms with Crippen molar-refractivity contribution >= 4 is 23.3 Å². The average Bonchev–Trinajstić information content (AvgIpc) is 3.11. The number of fused-ring (bicyclic) bond motifs is 2. The molecule has 2 fully saturated rings. The number of carbonyl (C=O) groups is 1. The maximum absolute atomic E-state index is 12.6. The van der Waals surface area contributed by atoms with Crippen molar-refractivity contribution in [3.8, 4) is 0 Å². The average molecular weight is 319 g/mol. The van der Waals surface area contributed by atoms with E-state index in [0.717, 1.165) is 17.7 Å². The fraction of sp³-hybridized carbons (Fsp3) is 0.471. The highest BCUT2D eigenvalue weighted by Crippen LogP contribution is 2.32. The van der Waals surface area contributed by atoms with Crippen molar-refractivity contribution in [3.05, 3.63) is 41.1 Å². The van der Waals surface area contributed by atoms with E-state index in [-0.39, 0.29) is 24.2 Å². The number of hydrogen-bond donors (Lipinski definition) is 0. The summed E-state index contributed by atoms with van der Waals surface area (Å²) >= 11 is 1.62. The maximum atomic E-state index is 12.6. The zero-order valence-corrected chi connectivity index (χ0v) is 13.3. The number of hydrogen-bond acceptors (Lipinski definition) is 4. The molecule has 1 amide bonds. The topological polar surface area (TPSA) is 38.8 Å². The Balaban J connectivity index is 1.71. The van der Waals surface area contributed by atoms with Crippen LogP contribution in [0.5, 0.6) is 0 Å². The highest BCUT2D eigenvalue weighted by atomic mass is 32.1. The van der Waals surface area contributed by atoms with Gasteiger partial charge >= 0.3 is 0 Å². The van der Waals surface area contributed by atoms with Crippen molar-refractivity contribution in [2.75, 3.05) is 19.8 Å². The number of amides is 1. The maximum Gasteiger partial charge on any atom is 0.247 e. The first-order valence-electron chi connectivity index (χ1n) is 7.66. The van der Waals surface area contributed by atoms with Gasteiger partial charge in [0.25, 0.3) is 0 Å². The summed E-state index contributed by atoms with van der Waals surface area (Å²) in [6.45, 7) is 5.39. The molecule has 2 aliphatic rings. The number of ether oxygens (including phenoxy) is 2. The third-order valence-corrected chi connectivity index (χ3v) is 5.02. The third kappa shape index (κ3) is 3.32. The van der Waals surface area contributed by atoms with Crippen LogP contribution < -0.4 is 0 Å². The van der Waals surface area contributed by atoms with E-state index in [9.17, 15) is 4.79 Å². The van der Waals surface area contributed by atoms with Gasteiger partial charge in [-0.3, -0.25) is 4.79 Å². The van der Waals surface area contributed by atoms with Gasteiger partial charge in [0, 0.05) is 17.5 Å². The molecule has 2 heterocycles. The molecule has 0 N–H and O–H groups in total. The number of nitrogens with zero attached hydrogens (tertiary/aromatic N) is 1. The largest absolute Gasteiger partial charge is 0.374 e. The highest BCUT2D eigenvalue weighted by molar-refractivity contribution is 7.10. The predicted molar refractivity (Wildman–Crippen MR) is 87.8 cm³/mol. The van der Waals surface area contributed by atoms with Crippen molar-refractivity contribution in [3.63, 3.8) is 0 Å². The van der Waals surface area contributed by atoms with E-state index in [1.54, 1.807) is 23.5 Å². The Labute approximate surface area is 135 Å². The second-order valence-electron chi connectivity index (χ2n) is 5.52. The first kappa shape index (κ1) is 15.5. The standard InChI is InChI=1S/C17H21NO3S/c1-2-10-21-17-14-6-7-15(17)20-11-9-18(14)16(19)8-5-13-4-3-12-22-13/h2-5,8,12,14-15,17H,1,6-7,9-11H2/b8-5+. The van der Waals surface area contributed by atoms with Crippen LogP contribution in [0.2, 0.25) is 0 Å². The number of rotatable bonds is 5. The normalized spacial score (nSPS) is 28.0. The lowest BCUT2D eigenvalue weighted by Crippen LogP contribution is -2.45. The van der Waals surface area contributed by atoms with Gasteiger partial charge in [-0.25, -0.2) is 0 Å². The Hall–Kier alpha value is -1.43. The van der Waals surface area contributed by atoms with Crippen LogP contribution in [0.15, 0.2) is 36.2 Å². The summed E-state index contributed by atoms with van der Waals surface area (Å²) in [6, 6.07) is 4.09. The molecule has 5 heteroatoms. The Kier molecular flexibility index (Phi) is 5.08. The summed E-state index contributed by atoms with van der Waals surface area (Å²) in [4.78, 5) is 15.6. The van der Waals surface area contributed by atoms with Gasteiger partial charge in [-0.2, -0.15) is 0 Å². The van der Waals surface area contributed by atoms with Crippen molar-refractivity contribution < 1.29 is 14.3 Å². The zero-order chi connectivity index (χ0) is 15.4. The van der Waals surface area contributed by atoms with Crippen molar-refractivity contribution in [1.29, 1.82) is 0 Å². The molecule has 1 aliphatic carbocycles. The fourth-order valence-corrected chi connectivity index (χ4v) is 3.82. The molecular weight excluding hydrogens is 298 g/mol. The van der Waals surface area contributed by atoms with Gasteiger partial charge in [-0.15, -0.1) is 17.9 Å². The molecule has 1 saturated carbocycles. The monoisotopic (exact) mass is 319 g/mol. The van der Waals surface area contributed by atoms with Crippen LogP contribution in [-0.2, 0) is 14.3 Å². The lowest BCUT2D eigenvalue weighted by Gasteiger charge is -2.30. The Morgan fingerprint density at radius 1 is 1.55 bits per heavy atom. The molecule has 1 aromatic heterocycles. The number of thiophene rings is 1. The minimum absolute atomic E-state index is 0.0387. The molecule has 4 nitrogen and oxygen atoms in total. The van der Waals surface area contributed by atoms with Crippen LogP contribution in [0.25, 0.3) is 6.08 Å². The summed E-state index contributed by atoms with van der Waals surface area (Å²) in [5, 5.41) is 2.00. The van der Waals surface area contributed by atoms with Gasteiger partial charge in [-0.05, 0) is 30.4 Å². The van der Waals surface area contributed by atoms with E-state index in [1.807, 2.05) is 28.5 Å². The molecule has 118 valence electrons. The lowest BCUT2D eigenvalue weighted by atomic mass is 10.1.